The molecule has 0 aliphatic rings. The van der Waals surface area contributed by atoms with Gasteiger partial charge in [0.1, 0.15) is 5.76 Å². The van der Waals surface area contributed by atoms with Gasteiger partial charge in [0, 0.05) is 12.5 Å². The molecule has 0 bridgehead atoms. The van der Waals surface area contributed by atoms with Crippen molar-refractivity contribution >= 4 is 17.7 Å². The molecule has 0 atom stereocenters. The summed E-state index contributed by atoms with van der Waals surface area (Å²) >= 11 is 0. The Bertz CT molecular complexity index is 389. The van der Waals surface area contributed by atoms with Crippen molar-refractivity contribution in [3.63, 3.8) is 0 Å². The predicted octanol–water partition coefficient (Wildman–Crippen LogP) is 0.376. The lowest BCUT2D eigenvalue weighted by atomic mass is 10.3. The SMILES string of the molecule is Cc1cc(NC(=O)CNCCCC(=O)O)no1. The largest absolute Gasteiger partial charge is 0.481 e. The zero-order valence-electron chi connectivity index (χ0n) is 9.52. The molecule has 0 saturated carbocycles. The zero-order chi connectivity index (χ0) is 12.7. The topological polar surface area (TPSA) is 104 Å². The van der Waals surface area contributed by atoms with Crippen molar-refractivity contribution in [2.24, 2.45) is 0 Å². The molecule has 7 heteroatoms. The fourth-order valence-corrected chi connectivity index (χ4v) is 1.18. The highest BCUT2D eigenvalue weighted by Gasteiger charge is 2.05. The summed E-state index contributed by atoms with van der Waals surface area (Å²) in [5.74, 6) is -0.0856. The molecule has 0 saturated heterocycles. The summed E-state index contributed by atoms with van der Waals surface area (Å²) in [6.07, 6.45) is 0.586. The number of nitrogens with one attached hydrogen (secondary N) is 2. The number of anilines is 1. The molecule has 94 valence electrons. The first-order chi connectivity index (χ1) is 8.08. The summed E-state index contributed by atoms with van der Waals surface area (Å²) in [6, 6.07) is 1.61. The third kappa shape index (κ3) is 5.67. The number of aryl methyl sites for hydroxylation is 1. The van der Waals surface area contributed by atoms with Crippen LogP contribution in [0.4, 0.5) is 5.82 Å². The molecule has 0 fully saturated rings. The molecule has 3 N–H and O–H groups in total. The van der Waals surface area contributed by atoms with Crippen LogP contribution in [0.3, 0.4) is 0 Å². The standard InChI is InChI=1S/C10H15N3O4/c1-7-5-8(13-17-7)12-9(14)6-11-4-2-3-10(15)16/h5,11H,2-4,6H2,1H3,(H,15,16)(H,12,13,14). The zero-order valence-corrected chi connectivity index (χ0v) is 9.52. The van der Waals surface area contributed by atoms with Crippen LogP contribution in [0.1, 0.15) is 18.6 Å². The minimum Gasteiger partial charge on any atom is -0.481 e. The Labute approximate surface area is 98.2 Å². The van der Waals surface area contributed by atoms with Gasteiger partial charge in [-0.15, -0.1) is 0 Å². The average molecular weight is 241 g/mol. The molecule has 7 nitrogen and oxygen atoms in total. The molecule has 0 spiro atoms. The van der Waals surface area contributed by atoms with E-state index < -0.39 is 5.97 Å². The second kappa shape index (κ2) is 6.64. The normalized spacial score (nSPS) is 10.2. The molecule has 0 aliphatic heterocycles. The number of hydrogen-bond donors (Lipinski definition) is 3. The van der Waals surface area contributed by atoms with Crippen molar-refractivity contribution in [1.29, 1.82) is 0 Å². The Morgan fingerprint density at radius 3 is 2.88 bits per heavy atom. The lowest BCUT2D eigenvalue weighted by Gasteiger charge is -2.03. The van der Waals surface area contributed by atoms with Gasteiger partial charge in [-0.3, -0.25) is 9.59 Å². The number of rotatable bonds is 7. The summed E-state index contributed by atoms with van der Waals surface area (Å²) in [5.41, 5.74) is 0. The summed E-state index contributed by atoms with van der Waals surface area (Å²) in [7, 11) is 0. The minimum absolute atomic E-state index is 0.0943. The van der Waals surface area contributed by atoms with E-state index in [1.165, 1.54) is 0 Å². The Morgan fingerprint density at radius 2 is 2.29 bits per heavy atom. The number of carboxylic acid groups (broad SMARTS) is 1. The van der Waals surface area contributed by atoms with E-state index in [0.717, 1.165) is 0 Å². The number of aromatic nitrogens is 1. The van der Waals surface area contributed by atoms with Gasteiger partial charge in [0.15, 0.2) is 5.82 Å². The number of hydrogen-bond acceptors (Lipinski definition) is 5. The predicted molar refractivity (Wildman–Crippen MR) is 59.6 cm³/mol. The van der Waals surface area contributed by atoms with Crippen LogP contribution >= 0.6 is 0 Å². The van der Waals surface area contributed by atoms with E-state index in [1.807, 2.05) is 0 Å². The summed E-state index contributed by atoms with van der Waals surface area (Å²) in [5, 5.41) is 17.4. The average Bonchev–Trinajstić information content (AvgIpc) is 2.63. The maximum absolute atomic E-state index is 11.3. The lowest BCUT2D eigenvalue weighted by Crippen LogP contribution is -2.29. The Hall–Kier alpha value is -1.89. The van der Waals surface area contributed by atoms with Crippen LogP contribution in [0.5, 0.6) is 0 Å². The van der Waals surface area contributed by atoms with Gasteiger partial charge in [0.25, 0.3) is 0 Å². The van der Waals surface area contributed by atoms with Gasteiger partial charge in [0.2, 0.25) is 5.91 Å². The fraction of sp³-hybridized carbons (Fsp3) is 0.500. The molecular weight excluding hydrogens is 226 g/mol. The van der Waals surface area contributed by atoms with Gasteiger partial charge >= 0.3 is 5.97 Å². The highest BCUT2D eigenvalue weighted by molar-refractivity contribution is 5.91. The molecule has 0 aromatic carbocycles. The van der Waals surface area contributed by atoms with Crippen molar-refractivity contribution in [2.45, 2.75) is 19.8 Å². The van der Waals surface area contributed by atoms with E-state index in [1.54, 1.807) is 13.0 Å². The van der Waals surface area contributed by atoms with Crippen molar-refractivity contribution < 1.29 is 19.2 Å². The summed E-state index contributed by atoms with van der Waals surface area (Å²) < 4.78 is 4.78. The molecule has 1 aromatic rings. The van der Waals surface area contributed by atoms with Crippen molar-refractivity contribution in [1.82, 2.24) is 10.5 Å². The number of amides is 1. The Morgan fingerprint density at radius 1 is 1.53 bits per heavy atom. The maximum Gasteiger partial charge on any atom is 0.303 e. The lowest BCUT2D eigenvalue weighted by molar-refractivity contribution is -0.137. The quantitative estimate of drug-likeness (QED) is 0.596. The van der Waals surface area contributed by atoms with E-state index in [0.29, 0.717) is 24.5 Å². The van der Waals surface area contributed by atoms with E-state index in [9.17, 15) is 9.59 Å². The molecular formula is C10H15N3O4. The van der Waals surface area contributed by atoms with Gasteiger partial charge in [-0.05, 0) is 19.9 Å². The monoisotopic (exact) mass is 241 g/mol. The van der Waals surface area contributed by atoms with Crippen molar-refractivity contribution in [3.05, 3.63) is 11.8 Å². The summed E-state index contributed by atoms with van der Waals surface area (Å²) in [4.78, 5) is 21.6. The van der Waals surface area contributed by atoms with Crippen molar-refractivity contribution in [2.75, 3.05) is 18.4 Å². The van der Waals surface area contributed by atoms with Crippen LogP contribution in [0.25, 0.3) is 0 Å². The Kier molecular flexibility index (Phi) is 5.15. The van der Waals surface area contributed by atoms with Gasteiger partial charge in [-0.25, -0.2) is 0 Å². The van der Waals surface area contributed by atoms with Gasteiger partial charge < -0.3 is 20.3 Å². The first-order valence-corrected chi connectivity index (χ1v) is 5.23. The second-order valence-electron chi connectivity index (χ2n) is 3.55. The highest BCUT2D eigenvalue weighted by atomic mass is 16.5. The first-order valence-electron chi connectivity index (χ1n) is 5.23. The van der Waals surface area contributed by atoms with Gasteiger partial charge in [-0.2, -0.15) is 0 Å². The molecule has 0 radical (unpaired) electrons. The number of carbonyl (C=O) groups is 2. The van der Waals surface area contributed by atoms with E-state index >= 15 is 0 Å². The number of carboxylic acids is 1. The molecule has 1 aromatic heterocycles. The van der Waals surface area contributed by atoms with E-state index in [2.05, 4.69) is 15.8 Å². The highest BCUT2D eigenvalue weighted by Crippen LogP contribution is 2.06. The number of carbonyl (C=O) groups excluding carboxylic acids is 1. The van der Waals surface area contributed by atoms with Crippen molar-refractivity contribution in [3.8, 4) is 0 Å². The van der Waals surface area contributed by atoms with Gasteiger partial charge in [0.05, 0.1) is 6.54 Å². The van der Waals surface area contributed by atoms with Crippen LogP contribution in [0, 0.1) is 6.92 Å². The third-order valence-corrected chi connectivity index (χ3v) is 1.93. The van der Waals surface area contributed by atoms with Crippen LogP contribution < -0.4 is 10.6 Å². The molecule has 0 unspecified atom stereocenters. The van der Waals surface area contributed by atoms with Crippen LogP contribution in [-0.4, -0.2) is 35.2 Å². The van der Waals surface area contributed by atoms with Crippen LogP contribution in [-0.2, 0) is 9.59 Å². The first kappa shape index (κ1) is 13.2. The molecule has 1 heterocycles. The van der Waals surface area contributed by atoms with Crippen LogP contribution in [0.2, 0.25) is 0 Å². The third-order valence-electron chi connectivity index (χ3n) is 1.93. The molecule has 1 amide bonds. The minimum atomic E-state index is -0.839. The smallest absolute Gasteiger partial charge is 0.303 e. The van der Waals surface area contributed by atoms with E-state index in [4.69, 9.17) is 9.63 Å². The van der Waals surface area contributed by atoms with E-state index in [-0.39, 0.29) is 18.9 Å². The summed E-state index contributed by atoms with van der Waals surface area (Å²) in [6.45, 7) is 2.33. The molecule has 0 aliphatic carbocycles. The Balaban J connectivity index is 2.11. The van der Waals surface area contributed by atoms with Gasteiger partial charge in [-0.1, -0.05) is 5.16 Å². The molecule has 1 rings (SSSR count). The number of aliphatic carboxylic acids is 1. The van der Waals surface area contributed by atoms with Crippen LogP contribution in [0.15, 0.2) is 10.6 Å². The second-order valence-corrected chi connectivity index (χ2v) is 3.55. The fourth-order valence-electron chi connectivity index (χ4n) is 1.18. The molecule has 17 heavy (non-hydrogen) atoms. The number of nitrogens with zero attached hydrogens (tertiary/aromatic N) is 1. The maximum atomic E-state index is 11.3.